The minimum Gasteiger partial charge on any atom is -0.387 e. The lowest BCUT2D eigenvalue weighted by molar-refractivity contribution is 0.176. The van der Waals surface area contributed by atoms with E-state index < -0.39 is 21.2 Å². The van der Waals surface area contributed by atoms with Crippen LogP contribution in [-0.2, 0) is 9.84 Å². The zero-order chi connectivity index (χ0) is 15.6. The van der Waals surface area contributed by atoms with Gasteiger partial charge in [-0.25, -0.2) is 8.42 Å². The average molecular weight is 325 g/mol. The molecule has 1 N–H and O–H groups in total. The number of aryl methyl sites for hydroxylation is 1. The summed E-state index contributed by atoms with van der Waals surface area (Å²) in [4.78, 5) is 0.119. The number of sulfone groups is 1. The van der Waals surface area contributed by atoms with E-state index >= 15 is 0 Å². The largest absolute Gasteiger partial charge is 0.387 e. The Morgan fingerprint density at radius 3 is 2.29 bits per heavy atom. The Morgan fingerprint density at radius 2 is 1.71 bits per heavy atom. The van der Waals surface area contributed by atoms with Crippen LogP contribution < -0.4 is 0 Å². The Morgan fingerprint density at radius 1 is 1.10 bits per heavy atom. The lowest BCUT2D eigenvalue weighted by Crippen LogP contribution is -2.25. The van der Waals surface area contributed by atoms with E-state index in [2.05, 4.69) is 0 Å². The molecule has 2 aromatic rings. The molecule has 112 valence electrons. The summed E-state index contributed by atoms with van der Waals surface area (Å²) >= 11 is 5.84. The first-order chi connectivity index (χ1) is 9.82. The van der Waals surface area contributed by atoms with E-state index in [-0.39, 0.29) is 4.90 Å². The predicted molar refractivity (Wildman–Crippen MR) is 84.2 cm³/mol. The molecule has 5 heteroatoms. The molecule has 2 rings (SSSR count). The average Bonchev–Trinajstić information content (AvgIpc) is 2.46. The van der Waals surface area contributed by atoms with Crippen molar-refractivity contribution in [2.75, 3.05) is 0 Å². The van der Waals surface area contributed by atoms with Crippen LogP contribution in [0.3, 0.4) is 0 Å². The fourth-order valence-corrected chi connectivity index (χ4v) is 3.80. The Labute approximate surface area is 130 Å². The van der Waals surface area contributed by atoms with Crippen molar-refractivity contribution in [2.45, 2.75) is 30.1 Å². The molecule has 0 aromatic heterocycles. The standard InChI is InChI=1S/C16H17ClO3S/c1-11-6-8-13(9-7-11)16(18)12(2)21(19,20)15-5-3-4-14(17)10-15/h3-10,12,16,18H,1-2H3. The highest BCUT2D eigenvalue weighted by molar-refractivity contribution is 7.92. The van der Waals surface area contributed by atoms with Crippen LogP contribution in [0.15, 0.2) is 53.4 Å². The number of hydrogen-bond donors (Lipinski definition) is 1. The molecule has 3 nitrogen and oxygen atoms in total. The highest BCUT2D eigenvalue weighted by Crippen LogP contribution is 2.28. The summed E-state index contributed by atoms with van der Waals surface area (Å²) in [5, 5.41) is 9.73. The molecule has 0 radical (unpaired) electrons. The summed E-state index contributed by atoms with van der Waals surface area (Å²) in [7, 11) is -3.65. The minimum atomic E-state index is -3.65. The van der Waals surface area contributed by atoms with Crippen LogP contribution >= 0.6 is 11.6 Å². The summed E-state index contributed by atoms with van der Waals surface area (Å²) in [6, 6.07) is 13.2. The number of rotatable bonds is 4. The van der Waals surface area contributed by atoms with Crippen molar-refractivity contribution in [3.63, 3.8) is 0 Å². The SMILES string of the molecule is Cc1ccc(C(O)C(C)S(=O)(=O)c2cccc(Cl)c2)cc1. The van der Waals surface area contributed by atoms with Crippen LogP contribution in [0.25, 0.3) is 0 Å². The normalized spacial score (nSPS) is 14.7. The van der Waals surface area contributed by atoms with Gasteiger partial charge >= 0.3 is 0 Å². The second kappa shape index (κ2) is 6.18. The summed E-state index contributed by atoms with van der Waals surface area (Å²) in [6.07, 6.45) is -1.09. The molecule has 0 aliphatic rings. The number of aliphatic hydroxyl groups excluding tert-OH is 1. The van der Waals surface area contributed by atoms with Crippen molar-refractivity contribution in [1.29, 1.82) is 0 Å². The molecule has 2 aromatic carbocycles. The zero-order valence-electron chi connectivity index (χ0n) is 11.8. The third-order valence-electron chi connectivity index (χ3n) is 3.48. The van der Waals surface area contributed by atoms with Gasteiger partial charge in [0.2, 0.25) is 0 Å². The van der Waals surface area contributed by atoms with Crippen LogP contribution in [0.5, 0.6) is 0 Å². The van der Waals surface area contributed by atoms with Crippen LogP contribution in [0, 0.1) is 6.92 Å². The lowest BCUT2D eigenvalue weighted by atomic mass is 10.1. The topological polar surface area (TPSA) is 54.4 Å². The maximum absolute atomic E-state index is 12.5. The molecule has 0 aliphatic carbocycles. The number of halogens is 1. The third-order valence-corrected chi connectivity index (χ3v) is 5.86. The van der Waals surface area contributed by atoms with E-state index in [1.807, 2.05) is 19.1 Å². The number of aliphatic hydroxyl groups is 1. The quantitative estimate of drug-likeness (QED) is 0.935. The molecule has 0 spiro atoms. The van der Waals surface area contributed by atoms with Gasteiger partial charge < -0.3 is 5.11 Å². The Balaban J connectivity index is 2.33. The maximum atomic E-state index is 12.5. The van der Waals surface area contributed by atoms with Crippen LogP contribution in [0.1, 0.15) is 24.2 Å². The van der Waals surface area contributed by atoms with Gasteiger partial charge in [0.05, 0.1) is 16.2 Å². The van der Waals surface area contributed by atoms with Gasteiger partial charge in [0.1, 0.15) is 0 Å². The van der Waals surface area contributed by atoms with Crippen molar-refractivity contribution in [3.05, 3.63) is 64.7 Å². The highest BCUT2D eigenvalue weighted by atomic mass is 35.5. The van der Waals surface area contributed by atoms with Gasteiger partial charge in [-0.2, -0.15) is 0 Å². The molecule has 2 atom stereocenters. The van der Waals surface area contributed by atoms with Crippen molar-refractivity contribution < 1.29 is 13.5 Å². The molecule has 0 aliphatic heterocycles. The lowest BCUT2D eigenvalue weighted by Gasteiger charge is -2.20. The van der Waals surface area contributed by atoms with Crippen LogP contribution in [0.4, 0.5) is 0 Å². The van der Waals surface area contributed by atoms with Gasteiger partial charge in [0, 0.05) is 5.02 Å². The Bertz CT molecular complexity index is 723. The van der Waals surface area contributed by atoms with E-state index in [1.54, 1.807) is 24.3 Å². The Kier molecular flexibility index (Phi) is 4.71. The van der Waals surface area contributed by atoms with Crippen LogP contribution in [-0.4, -0.2) is 18.8 Å². The van der Waals surface area contributed by atoms with Gasteiger partial charge in [0.15, 0.2) is 9.84 Å². The van der Waals surface area contributed by atoms with E-state index in [4.69, 9.17) is 11.6 Å². The predicted octanol–water partition coefficient (Wildman–Crippen LogP) is 3.54. The van der Waals surface area contributed by atoms with E-state index in [0.29, 0.717) is 10.6 Å². The van der Waals surface area contributed by atoms with E-state index in [1.165, 1.54) is 19.1 Å². The molecule has 21 heavy (non-hydrogen) atoms. The molecule has 0 fully saturated rings. The number of hydrogen-bond acceptors (Lipinski definition) is 3. The molecule has 2 unspecified atom stereocenters. The minimum absolute atomic E-state index is 0.119. The van der Waals surface area contributed by atoms with E-state index in [9.17, 15) is 13.5 Å². The van der Waals surface area contributed by atoms with Crippen molar-refractivity contribution in [1.82, 2.24) is 0 Å². The van der Waals surface area contributed by atoms with Gasteiger partial charge in [-0.3, -0.25) is 0 Å². The molecular weight excluding hydrogens is 308 g/mol. The smallest absolute Gasteiger partial charge is 0.183 e. The second-order valence-electron chi connectivity index (χ2n) is 5.06. The monoisotopic (exact) mass is 324 g/mol. The first-order valence-corrected chi connectivity index (χ1v) is 8.49. The highest BCUT2D eigenvalue weighted by Gasteiger charge is 2.30. The summed E-state index contributed by atoms with van der Waals surface area (Å²) in [6.45, 7) is 3.43. The van der Waals surface area contributed by atoms with Gasteiger partial charge in [-0.15, -0.1) is 0 Å². The van der Waals surface area contributed by atoms with Crippen molar-refractivity contribution >= 4 is 21.4 Å². The Hall–Kier alpha value is -1.36. The fourth-order valence-electron chi connectivity index (χ4n) is 2.06. The summed E-state index contributed by atoms with van der Waals surface area (Å²) in [5.41, 5.74) is 1.63. The van der Waals surface area contributed by atoms with Crippen LogP contribution in [0.2, 0.25) is 5.02 Å². The summed E-state index contributed by atoms with van der Waals surface area (Å²) in [5.74, 6) is 0. The number of benzene rings is 2. The molecule has 0 saturated heterocycles. The second-order valence-corrected chi connectivity index (χ2v) is 7.80. The maximum Gasteiger partial charge on any atom is 0.183 e. The van der Waals surface area contributed by atoms with Crippen molar-refractivity contribution in [2.24, 2.45) is 0 Å². The molecule has 0 bridgehead atoms. The fraction of sp³-hybridized carbons (Fsp3) is 0.250. The molecule has 0 heterocycles. The van der Waals surface area contributed by atoms with Gasteiger partial charge in [-0.1, -0.05) is 47.5 Å². The molecule has 0 amide bonds. The summed E-state index contributed by atoms with van der Waals surface area (Å²) < 4.78 is 25.1. The van der Waals surface area contributed by atoms with Gasteiger partial charge in [0.25, 0.3) is 0 Å². The van der Waals surface area contributed by atoms with E-state index in [0.717, 1.165) is 5.56 Å². The van der Waals surface area contributed by atoms with Gasteiger partial charge in [-0.05, 0) is 37.6 Å². The molecular formula is C16H17ClO3S. The van der Waals surface area contributed by atoms with Crippen molar-refractivity contribution in [3.8, 4) is 0 Å². The molecule has 0 saturated carbocycles. The first-order valence-electron chi connectivity index (χ1n) is 6.56. The first kappa shape index (κ1) is 16.0. The zero-order valence-corrected chi connectivity index (χ0v) is 13.4. The third kappa shape index (κ3) is 3.46.